The molecule has 2 rings (SSSR count). The van der Waals surface area contributed by atoms with Crippen molar-refractivity contribution < 1.29 is 13.2 Å². The lowest BCUT2D eigenvalue weighted by Gasteiger charge is -2.05. The topological polar surface area (TPSA) is 76.1 Å². The fourth-order valence-electron chi connectivity index (χ4n) is 1.79. The lowest BCUT2D eigenvalue weighted by Crippen LogP contribution is -2.24. The number of hydrogen-bond donors (Lipinski definition) is 1. The van der Waals surface area contributed by atoms with E-state index in [4.69, 9.17) is 0 Å². The predicted molar refractivity (Wildman–Crippen MR) is 79.3 cm³/mol. The van der Waals surface area contributed by atoms with Crippen LogP contribution in [-0.2, 0) is 27.6 Å². The molecule has 1 N–H and O–H groups in total. The highest BCUT2D eigenvalue weighted by Crippen LogP contribution is 2.10. The van der Waals surface area contributed by atoms with E-state index in [9.17, 15) is 13.2 Å². The van der Waals surface area contributed by atoms with Crippen molar-refractivity contribution in [2.75, 3.05) is 6.26 Å². The van der Waals surface area contributed by atoms with E-state index < -0.39 is 9.84 Å². The minimum absolute atomic E-state index is 0.132. The summed E-state index contributed by atoms with van der Waals surface area (Å²) in [6, 6.07) is 11.8. The SMILES string of the molecule is CS(=O)(=O)c1ccc(CC(=O)NCc2ccccn2)cc1. The molecule has 0 saturated heterocycles. The number of sulfone groups is 1. The Hall–Kier alpha value is -2.21. The maximum atomic E-state index is 11.8. The molecule has 0 spiro atoms. The third-order valence-electron chi connectivity index (χ3n) is 2.91. The second-order valence-electron chi connectivity index (χ2n) is 4.69. The average Bonchev–Trinajstić information content (AvgIpc) is 2.46. The summed E-state index contributed by atoms with van der Waals surface area (Å²) in [7, 11) is -3.20. The lowest BCUT2D eigenvalue weighted by molar-refractivity contribution is -0.120. The van der Waals surface area contributed by atoms with Crippen LogP contribution in [0.25, 0.3) is 0 Å². The zero-order chi connectivity index (χ0) is 15.3. The summed E-state index contributed by atoms with van der Waals surface area (Å²) in [5.74, 6) is -0.132. The number of carbonyl (C=O) groups is 1. The van der Waals surface area contributed by atoms with Crippen LogP contribution in [0.15, 0.2) is 53.6 Å². The minimum Gasteiger partial charge on any atom is -0.350 e. The monoisotopic (exact) mass is 304 g/mol. The van der Waals surface area contributed by atoms with Gasteiger partial charge >= 0.3 is 0 Å². The number of aromatic nitrogens is 1. The van der Waals surface area contributed by atoms with Crippen LogP contribution in [0.3, 0.4) is 0 Å². The van der Waals surface area contributed by atoms with Crippen molar-refractivity contribution in [3.05, 3.63) is 59.9 Å². The van der Waals surface area contributed by atoms with E-state index in [0.717, 1.165) is 17.5 Å². The van der Waals surface area contributed by atoms with Gasteiger partial charge in [0.05, 0.1) is 23.6 Å². The van der Waals surface area contributed by atoms with Crippen molar-refractivity contribution in [3.8, 4) is 0 Å². The lowest BCUT2D eigenvalue weighted by atomic mass is 10.1. The molecule has 0 unspecified atom stereocenters. The molecule has 110 valence electrons. The molecule has 0 aliphatic carbocycles. The maximum Gasteiger partial charge on any atom is 0.224 e. The molecule has 0 radical (unpaired) electrons. The van der Waals surface area contributed by atoms with Gasteiger partial charge in [0.15, 0.2) is 9.84 Å². The molecule has 1 heterocycles. The minimum atomic E-state index is -3.20. The van der Waals surface area contributed by atoms with Crippen LogP contribution < -0.4 is 5.32 Å². The largest absolute Gasteiger partial charge is 0.350 e. The zero-order valence-electron chi connectivity index (χ0n) is 11.6. The number of amides is 1. The summed E-state index contributed by atoms with van der Waals surface area (Å²) in [6.07, 6.45) is 3.03. The summed E-state index contributed by atoms with van der Waals surface area (Å²) in [4.78, 5) is 16.2. The van der Waals surface area contributed by atoms with E-state index >= 15 is 0 Å². The zero-order valence-corrected chi connectivity index (χ0v) is 12.4. The fraction of sp³-hybridized carbons (Fsp3) is 0.200. The number of nitrogens with zero attached hydrogens (tertiary/aromatic N) is 1. The molecule has 0 aliphatic heterocycles. The highest BCUT2D eigenvalue weighted by Gasteiger charge is 2.08. The third kappa shape index (κ3) is 4.68. The number of benzene rings is 1. The van der Waals surface area contributed by atoms with Gasteiger partial charge in [-0.1, -0.05) is 18.2 Å². The van der Waals surface area contributed by atoms with E-state index in [1.54, 1.807) is 18.3 Å². The van der Waals surface area contributed by atoms with E-state index in [2.05, 4.69) is 10.3 Å². The molecule has 21 heavy (non-hydrogen) atoms. The molecule has 6 heteroatoms. The van der Waals surface area contributed by atoms with Crippen LogP contribution in [0.5, 0.6) is 0 Å². The van der Waals surface area contributed by atoms with Gasteiger partial charge in [-0.25, -0.2) is 8.42 Å². The number of nitrogens with one attached hydrogen (secondary N) is 1. The highest BCUT2D eigenvalue weighted by atomic mass is 32.2. The molecule has 0 bridgehead atoms. The second-order valence-corrected chi connectivity index (χ2v) is 6.71. The molecule has 0 aliphatic rings. The van der Waals surface area contributed by atoms with Crippen LogP contribution in [0.4, 0.5) is 0 Å². The van der Waals surface area contributed by atoms with Crippen molar-refractivity contribution in [1.29, 1.82) is 0 Å². The Labute approximate surface area is 124 Å². The van der Waals surface area contributed by atoms with Gasteiger partial charge in [0.25, 0.3) is 0 Å². The number of carbonyl (C=O) groups excluding carboxylic acids is 1. The molecule has 2 aromatic rings. The summed E-state index contributed by atoms with van der Waals surface area (Å²) < 4.78 is 22.7. The first-order chi connectivity index (χ1) is 9.95. The van der Waals surface area contributed by atoms with E-state index in [1.165, 1.54) is 12.1 Å². The Bertz CT molecular complexity index is 710. The Morgan fingerprint density at radius 1 is 1.14 bits per heavy atom. The van der Waals surface area contributed by atoms with Crippen molar-refractivity contribution in [2.24, 2.45) is 0 Å². The molecule has 0 atom stereocenters. The summed E-state index contributed by atoms with van der Waals surface area (Å²) >= 11 is 0. The van der Waals surface area contributed by atoms with Gasteiger partial charge in [0, 0.05) is 12.5 Å². The van der Waals surface area contributed by atoms with E-state index in [0.29, 0.717) is 6.54 Å². The summed E-state index contributed by atoms with van der Waals surface area (Å²) in [5, 5.41) is 2.77. The highest BCUT2D eigenvalue weighted by molar-refractivity contribution is 7.90. The number of rotatable bonds is 5. The van der Waals surface area contributed by atoms with Crippen molar-refractivity contribution in [1.82, 2.24) is 10.3 Å². The summed E-state index contributed by atoms with van der Waals surface area (Å²) in [6.45, 7) is 0.376. The normalized spacial score (nSPS) is 11.1. The predicted octanol–water partition coefficient (Wildman–Crippen LogP) is 1.34. The first-order valence-corrected chi connectivity index (χ1v) is 8.30. The smallest absolute Gasteiger partial charge is 0.224 e. The molecule has 1 amide bonds. The van der Waals surface area contributed by atoms with Crippen molar-refractivity contribution in [2.45, 2.75) is 17.9 Å². The van der Waals surface area contributed by atoms with Crippen LogP contribution >= 0.6 is 0 Å². The third-order valence-corrected chi connectivity index (χ3v) is 4.04. The van der Waals surface area contributed by atoms with Crippen molar-refractivity contribution in [3.63, 3.8) is 0 Å². The van der Waals surface area contributed by atoms with Gasteiger partial charge < -0.3 is 5.32 Å². The second kappa shape index (κ2) is 6.49. The van der Waals surface area contributed by atoms with Crippen LogP contribution in [0.1, 0.15) is 11.3 Å². The number of pyridine rings is 1. The number of hydrogen-bond acceptors (Lipinski definition) is 4. The maximum absolute atomic E-state index is 11.8. The van der Waals surface area contributed by atoms with E-state index in [1.807, 2.05) is 18.2 Å². The molecule has 5 nitrogen and oxygen atoms in total. The molecule has 1 aromatic carbocycles. The quantitative estimate of drug-likeness (QED) is 0.904. The Morgan fingerprint density at radius 3 is 2.43 bits per heavy atom. The van der Waals surface area contributed by atoms with Crippen LogP contribution in [-0.4, -0.2) is 25.6 Å². The molecule has 0 fully saturated rings. The van der Waals surface area contributed by atoms with Crippen LogP contribution in [0.2, 0.25) is 0 Å². The Balaban J connectivity index is 1.91. The standard InChI is InChI=1S/C15H16N2O3S/c1-21(19,20)14-7-5-12(6-8-14)10-15(18)17-11-13-4-2-3-9-16-13/h2-9H,10-11H2,1H3,(H,17,18). The molecular formula is C15H16N2O3S. The van der Waals surface area contributed by atoms with Crippen molar-refractivity contribution >= 4 is 15.7 Å². The Morgan fingerprint density at radius 2 is 1.86 bits per heavy atom. The Kier molecular flexibility index (Phi) is 4.70. The van der Waals surface area contributed by atoms with Gasteiger partial charge in [-0.05, 0) is 29.8 Å². The fourth-order valence-corrected chi connectivity index (χ4v) is 2.42. The molecular weight excluding hydrogens is 288 g/mol. The van der Waals surface area contributed by atoms with Crippen LogP contribution in [0, 0.1) is 0 Å². The van der Waals surface area contributed by atoms with Gasteiger partial charge in [0.2, 0.25) is 5.91 Å². The summed E-state index contributed by atoms with van der Waals surface area (Å²) in [5.41, 5.74) is 1.55. The first-order valence-electron chi connectivity index (χ1n) is 6.41. The van der Waals surface area contributed by atoms with E-state index in [-0.39, 0.29) is 17.2 Å². The average molecular weight is 304 g/mol. The molecule has 0 saturated carbocycles. The van der Waals surface area contributed by atoms with Gasteiger partial charge in [0.1, 0.15) is 0 Å². The molecule has 1 aromatic heterocycles. The van der Waals surface area contributed by atoms with Gasteiger partial charge in [-0.3, -0.25) is 9.78 Å². The van der Waals surface area contributed by atoms with Gasteiger partial charge in [-0.2, -0.15) is 0 Å². The first kappa shape index (κ1) is 15.2. The van der Waals surface area contributed by atoms with Gasteiger partial charge in [-0.15, -0.1) is 0 Å².